The van der Waals surface area contributed by atoms with Gasteiger partial charge in [-0.25, -0.2) is 0 Å². The minimum absolute atomic E-state index is 0.114. The highest BCUT2D eigenvalue weighted by Crippen LogP contribution is 2.39. The Hall–Kier alpha value is -1.18. The largest absolute Gasteiger partial charge is 0.493 e. The smallest absolute Gasteiger partial charge is 0.164 e. The Morgan fingerprint density at radius 2 is 1.59 bits per heavy atom. The van der Waals surface area contributed by atoms with Gasteiger partial charge in [0.25, 0.3) is 0 Å². The van der Waals surface area contributed by atoms with Crippen LogP contribution >= 0.6 is 0 Å². The third kappa shape index (κ3) is 2.93. The van der Waals surface area contributed by atoms with Crippen molar-refractivity contribution in [3.05, 3.63) is 23.3 Å². The maximum atomic E-state index is 5.47. The number of ether oxygens (including phenoxy) is 2. The Bertz CT molecular complexity index is 387. The Morgan fingerprint density at radius 3 is 1.94 bits per heavy atom. The molecule has 0 unspecified atom stereocenters. The van der Waals surface area contributed by atoms with Gasteiger partial charge in [-0.2, -0.15) is 0 Å². The van der Waals surface area contributed by atoms with E-state index in [0.29, 0.717) is 5.92 Å². The summed E-state index contributed by atoms with van der Waals surface area (Å²) in [6.45, 7) is 11.0. The van der Waals surface area contributed by atoms with Crippen LogP contribution in [0.5, 0.6) is 11.5 Å². The van der Waals surface area contributed by atoms with E-state index in [2.05, 4.69) is 46.8 Å². The first-order valence-electron chi connectivity index (χ1n) is 6.07. The van der Waals surface area contributed by atoms with Crippen molar-refractivity contribution < 1.29 is 9.47 Å². The molecular weight excluding hydrogens is 212 g/mol. The van der Waals surface area contributed by atoms with Crippen LogP contribution in [-0.4, -0.2) is 14.2 Å². The molecule has 0 aliphatic carbocycles. The summed E-state index contributed by atoms with van der Waals surface area (Å²) in [5, 5.41) is 0. The Morgan fingerprint density at radius 1 is 1.00 bits per heavy atom. The lowest BCUT2D eigenvalue weighted by molar-refractivity contribution is 0.349. The van der Waals surface area contributed by atoms with Crippen molar-refractivity contribution in [3.63, 3.8) is 0 Å². The first-order valence-corrected chi connectivity index (χ1v) is 6.07. The molecule has 0 spiro atoms. The van der Waals surface area contributed by atoms with Gasteiger partial charge >= 0.3 is 0 Å². The Balaban J connectivity index is 3.46. The fourth-order valence-corrected chi connectivity index (χ4v) is 1.86. The number of benzene rings is 1. The standard InChI is InChI=1S/C15H24O2/c1-10(2)12-8-11(15(3,4)5)9-13(16-6)14(12)17-7/h8-10H,1-7H3. The molecule has 0 saturated carbocycles. The monoisotopic (exact) mass is 236 g/mol. The van der Waals surface area contributed by atoms with Crippen molar-refractivity contribution in [3.8, 4) is 11.5 Å². The van der Waals surface area contributed by atoms with Crippen LogP contribution in [-0.2, 0) is 5.41 Å². The molecule has 96 valence electrons. The van der Waals surface area contributed by atoms with Gasteiger partial charge in [0.1, 0.15) is 0 Å². The van der Waals surface area contributed by atoms with E-state index >= 15 is 0 Å². The SMILES string of the molecule is COc1cc(C(C)(C)C)cc(C(C)C)c1OC. The fraction of sp³-hybridized carbons (Fsp3) is 0.600. The lowest BCUT2D eigenvalue weighted by atomic mass is 9.84. The van der Waals surface area contributed by atoms with Gasteiger partial charge < -0.3 is 9.47 Å². The average Bonchev–Trinajstić information content (AvgIpc) is 2.25. The molecule has 1 aromatic rings. The molecule has 1 aromatic carbocycles. The first-order chi connectivity index (χ1) is 7.81. The minimum atomic E-state index is 0.114. The van der Waals surface area contributed by atoms with E-state index in [1.54, 1.807) is 14.2 Å². The van der Waals surface area contributed by atoms with Crippen molar-refractivity contribution >= 4 is 0 Å². The number of methoxy groups -OCH3 is 2. The lowest BCUT2D eigenvalue weighted by Gasteiger charge is -2.24. The second-order valence-electron chi connectivity index (χ2n) is 5.71. The maximum Gasteiger partial charge on any atom is 0.164 e. The molecule has 2 nitrogen and oxygen atoms in total. The number of rotatable bonds is 3. The summed E-state index contributed by atoms with van der Waals surface area (Å²) in [6.07, 6.45) is 0. The third-order valence-electron chi connectivity index (χ3n) is 3.00. The highest BCUT2D eigenvalue weighted by Gasteiger charge is 2.21. The molecule has 0 saturated heterocycles. The van der Waals surface area contributed by atoms with E-state index in [9.17, 15) is 0 Å². The molecule has 0 fully saturated rings. The molecule has 0 radical (unpaired) electrons. The topological polar surface area (TPSA) is 18.5 Å². The molecule has 0 amide bonds. The fourth-order valence-electron chi connectivity index (χ4n) is 1.86. The van der Waals surface area contributed by atoms with Gasteiger partial charge in [0.05, 0.1) is 14.2 Å². The van der Waals surface area contributed by atoms with Crippen molar-refractivity contribution in [2.24, 2.45) is 0 Å². The van der Waals surface area contributed by atoms with Gasteiger partial charge in [-0.05, 0) is 23.0 Å². The lowest BCUT2D eigenvalue weighted by Crippen LogP contribution is -2.12. The summed E-state index contributed by atoms with van der Waals surface area (Å²) in [6, 6.07) is 4.30. The van der Waals surface area contributed by atoms with Gasteiger partial charge in [-0.3, -0.25) is 0 Å². The molecule has 0 heterocycles. The Kier molecular flexibility index (Phi) is 4.07. The summed E-state index contributed by atoms with van der Waals surface area (Å²) in [4.78, 5) is 0. The molecule has 0 aromatic heterocycles. The third-order valence-corrected chi connectivity index (χ3v) is 3.00. The zero-order valence-corrected chi connectivity index (χ0v) is 12.0. The second kappa shape index (κ2) is 4.99. The van der Waals surface area contributed by atoms with Crippen LogP contribution in [0.15, 0.2) is 12.1 Å². The Labute approximate surface area is 105 Å². The van der Waals surface area contributed by atoms with E-state index in [-0.39, 0.29) is 5.41 Å². The molecule has 0 atom stereocenters. The predicted octanol–water partition coefficient (Wildman–Crippen LogP) is 4.12. The van der Waals surface area contributed by atoms with Crippen LogP contribution < -0.4 is 9.47 Å². The first kappa shape index (κ1) is 13.9. The van der Waals surface area contributed by atoms with Crippen molar-refractivity contribution in [2.45, 2.75) is 46.0 Å². The number of hydrogen-bond acceptors (Lipinski definition) is 2. The van der Waals surface area contributed by atoms with Gasteiger partial charge in [0, 0.05) is 5.56 Å². The normalized spacial score (nSPS) is 11.8. The molecule has 0 aliphatic heterocycles. The summed E-state index contributed by atoms with van der Waals surface area (Å²) in [7, 11) is 3.38. The highest BCUT2D eigenvalue weighted by molar-refractivity contribution is 5.52. The van der Waals surface area contributed by atoms with Crippen molar-refractivity contribution in [1.82, 2.24) is 0 Å². The van der Waals surface area contributed by atoms with Crippen molar-refractivity contribution in [1.29, 1.82) is 0 Å². The van der Waals surface area contributed by atoms with Gasteiger partial charge in [-0.1, -0.05) is 40.7 Å². The average molecular weight is 236 g/mol. The zero-order chi connectivity index (χ0) is 13.2. The van der Waals surface area contributed by atoms with E-state index in [1.165, 1.54) is 11.1 Å². The van der Waals surface area contributed by atoms with Crippen LogP contribution in [0, 0.1) is 0 Å². The molecule has 2 heteroatoms. The van der Waals surface area contributed by atoms with E-state index in [1.807, 2.05) is 0 Å². The van der Waals surface area contributed by atoms with E-state index in [0.717, 1.165) is 11.5 Å². The maximum absolute atomic E-state index is 5.47. The second-order valence-corrected chi connectivity index (χ2v) is 5.71. The van der Waals surface area contributed by atoms with Gasteiger partial charge in [-0.15, -0.1) is 0 Å². The van der Waals surface area contributed by atoms with E-state index in [4.69, 9.17) is 9.47 Å². The molecule has 17 heavy (non-hydrogen) atoms. The molecule has 0 aliphatic rings. The van der Waals surface area contributed by atoms with Crippen LogP contribution in [0.4, 0.5) is 0 Å². The van der Waals surface area contributed by atoms with E-state index < -0.39 is 0 Å². The summed E-state index contributed by atoms with van der Waals surface area (Å²) >= 11 is 0. The molecule has 1 rings (SSSR count). The van der Waals surface area contributed by atoms with Gasteiger partial charge in [0.2, 0.25) is 0 Å². The minimum Gasteiger partial charge on any atom is -0.493 e. The highest BCUT2D eigenvalue weighted by atomic mass is 16.5. The number of hydrogen-bond donors (Lipinski definition) is 0. The van der Waals surface area contributed by atoms with Crippen LogP contribution in [0.1, 0.15) is 51.7 Å². The summed E-state index contributed by atoms with van der Waals surface area (Å²) in [5.74, 6) is 2.10. The summed E-state index contributed by atoms with van der Waals surface area (Å²) < 4.78 is 10.9. The predicted molar refractivity (Wildman–Crippen MR) is 72.3 cm³/mol. The van der Waals surface area contributed by atoms with Crippen molar-refractivity contribution in [2.75, 3.05) is 14.2 Å². The molecular formula is C15H24O2. The summed E-state index contributed by atoms with van der Waals surface area (Å²) in [5.41, 5.74) is 2.60. The molecule has 0 bridgehead atoms. The van der Waals surface area contributed by atoms with Gasteiger partial charge in [0.15, 0.2) is 11.5 Å². The van der Waals surface area contributed by atoms with Crippen LogP contribution in [0.3, 0.4) is 0 Å². The van der Waals surface area contributed by atoms with Crippen LogP contribution in [0.2, 0.25) is 0 Å². The zero-order valence-electron chi connectivity index (χ0n) is 12.0. The quantitative estimate of drug-likeness (QED) is 0.785. The van der Waals surface area contributed by atoms with Crippen LogP contribution in [0.25, 0.3) is 0 Å². The molecule has 0 N–H and O–H groups in total.